The Hall–Kier alpha value is -4.75. The van der Waals surface area contributed by atoms with Gasteiger partial charge in [-0.3, -0.25) is 4.90 Å². The quantitative estimate of drug-likeness (QED) is 0.334. The average Bonchev–Trinajstić information content (AvgIpc) is 3.24. The number of allylic oxidation sites excluding steroid dienone is 1. The van der Waals surface area contributed by atoms with Crippen molar-refractivity contribution in [2.24, 2.45) is 0 Å². The molecule has 0 amide bonds. The van der Waals surface area contributed by atoms with Crippen LogP contribution < -0.4 is 9.64 Å². The molecule has 3 aromatic carbocycles. The third-order valence-corrected chi connectivity index (χ3v) is 7.63. The molecule has 2 heterocycles. The summed E-state index contributed by atoms with van der Waals surface area (Å²) in [6.07, 6.45) is 6.14. The molecule has 1 N–H and O–H groups in total. The topological polar surface area (TPSA) is 78.8 Å². The van der Waals surface area contributed by atoms with Gasteiger partial charge >= 0.3 is 5.97 Å². The SMILES string of the molecule is CN(C)c1ccc2c(c1)OC1=CC(N(C)C)C=CC1=C2c1nc2c(nc1C(=O)O)-c1cccc3cccc-2c13. The van der Waals surface area contributed by atoms with Gasteiger partial charge in [0.05, 0.1) is 11.4 Å². The van der Waals surface area contributed by atoms with Crippen molar-refractivity contribution in [1.82, 2.24) is 14.9 Å². The van der Waals surface area contributed by atoms with Gasteiger partial charge in [0.25, 0.3) is 0 Å². The van der Waals surface area contributed by atoms with Crippen LogP contribution in [0.2, 0.25) is 0 Å². The third kappa shape index (κ3) is 3.43. The van der Waals surface area contributed by atoms with Gasteiger partial charge in [-0.1, -0.05) is 48.6 Å². The number of carboxylic acids is 1. The number of rotatable bonds is 4. The van der Waals surface area contributed by atoms with Crippen molar-refractivity contribution in [2.45, 2.75) is 6.04 Å². The first-order valence-electron chi connectivity index (χ1n) is 12.8. The number of ether oxygens (including phenoxy) is 1. The van der Waals surface area contributed by atoms with Crippen LogP contribution in [-0.2, 0) is 0 Å². The number of carbonyl (C=O) groups is 1. The van der Waals surface area contributed by atoms with Crippen LogP contribution >= 0.6 is 0 Å². The zero-order chi connectivity index (χ0) is 27.0. The summed E-state index contributed by atoms with van der Waals surface area (Å²) in [4.78, 5) is 26.7. The maximum absolute atomic E-state index is 12.7. The summed E-state index contributed by atoms with van der Waals surface area (Å²) < 4.78 is 6.45. The molecular weight excluding hydrogens is 488 g/mol. The van der Waals surface area contributed by atoms with Gasteiger partial charge in [-0.05, 0) is 37.7 Å². The van der Waals surface area contributed by atoms with Crippen LogP contribution in [0.5, 0.6) is 5.75 Å². The highest BCUT2D eigenvalue weighted by Crippen LogP contribution is 2.49. The Labute approximate surface area is 226 Å². The van der Waals surface area contributed by atoms with E-state index in [2.05, 4.69) is 29.2 Å². The van der Waals surface area contributed by atoms with Crippen molar-refractivity contribution < 1.29 is 14.6 Å². The molecule has 1 aliphatic heterocycles. The lowest BCUT2D eigenvalue weighted by atomic mass is 9.88. The minimum Gasteiger partial charge on any atom is -0.476 e. The predicted molar refractivity (Wildman–Crippen MR) is 153 cm³/mol. The lowest BCUT2D eigenvalue weighted by Gasteiger charge is -2.30. The number of benzene rings is 3. The first-order valence-corrected chi connectivity index (χ1v) is 12.8. The number of aromatic nitrogens is 2. The van der Waals surface area contributed by atoms with E-state index in [4.69, 9.17) is 14.7 Å². The monoisotopic (exact) mass is 514 g/mol. The van der Waals surface area contributed by atoms with Crippen LogP contribution in [0.15, 0.2) is 84.2 Å². The molecule has 0 saturated carbocycles. The van der Waals surface area contributed by atoms with Gasteiger partial charge in [-0.25, -0.2) is 14.8 Å². The van der Waals surface area contributed by atoms with Crippen molar-refractivity contribution in [3.63, 3.8) is 0 Å². The number of fused-ring (bicyclic) bond motifs is 5. The Morgan fingerprint density at radius 3 is 2.28 bits per heavy atom. The molecule has 4 aromatic rings. The molecule has 7 nitrogen and oxygen atoms in total. The van der Waals surface area contributed by atoms with Crippen LogP contribution in [0.25, 0.3) is 38.9 Å². The maximum atomic E-state index is 12.7. The number of aromatic carboxylic acids is 1. The van der Waals surface area contributed by atoms with Crippen molar-refractivity contribution in [2.75, 3.05) is 33.1 Å². The summed E-state index contributed by atoms with van der Waals surface area (Å²) >= 11 is 0. The van der Waals surface area contributed by atoms with Gasteiger partial charge in [0.2, 0.25) is 0 Å². The Morgan fingerprint density at radius 1 is 0.897 bits per heavy atom. The van der Waals surface area contributed by atoms with Crippen LogP contribution in [-0.4, -0.2) is 60.2 Å². The zero-order valence-corrected chi connectivity index (χ0v) is 22.1. The van der Waals surface area contributed by atoms with E-state index in [1.54, 1.807) is 0 Å². The molecule has 7 heteroatoms. The molecule has 1 atom stereocenters. The van der Waals surface area contributed by atoms with E-state index in [0.717, 1.165) is 38.7 Å². The van der Waals surface area contributed by atoms with Crippen molar-refractivity contribution >= 4 is 28.0 Å². The van der Waals surface area contributed by atoms with Crippen LogP contribution in [0, 0.1) is 0 Å². The first-order chi connectivity index (χ1) is 18.8. The van der Waals surface area contributed by atoms with Crippen molar-refractivity contribution in [1.29, 1.82) is 0 Å². The third-order valence-electron chi connectivity index (χ3n) is 7.63. The van der Waals surface area contributed by atoms with E-state index in [1.165, 1.54) is 0 Å². The first kappa shape index (κ1) is 23.4. The Bertz CT molecular complexity index is 1830. The zero-order valence-electron chi connectivity index (χ0n) is 22.1. The van der Waals surface area contributed by atoms with E-state index < -0.39 is 5.97 Å². The number of anilines is 1. The van der Waals surface area contributed by atoms with Crippen molar-refractivity contribution in [3.05, 3.63) is 101 Å². The smallest absolute Gasteiger partial charge is 0.356 e. The summed E-state index contributed by atoms with van der Waals surface area (Å²) in [5.41, 5.74) is 6.70. The average molecular weight is 515 g/mol. The van der Waals surface area contributed by atoms with Crippen LogP contribution in [0.1, 0.15) is 21.7 Å². The molecule has 3 aliphatic rings. The second-order valence-corrected chi connectivity index (χ2v) is 10.4. The molecule has 0 fully saturated rings. The number of hydrogen-bond acceptors (Lipinski definition) is 6. The lowest BCUT2D eigenvalue weighted by molar-refractivity contribution is 0.0689. The Morgan fingerprint density at radius 2 is 1.62 bits per heavy atom. The van der Waals surface area contributed by atoms with Crippen molar-refractivity contribution in [3.8, 4) is 28.3 Å². The Kier molecular flexibility index (Phi) is 5.02. The van der Waals surface area contributed by atoms with Gasteiger partial charge in [-0.15, -0.1) is 0 Å². The highest BCUT2D eigenvalue weighted by Gasteiger charge is 2.34. The summed E-state index contributed by atoms with van der Waals surface area (Å²) in [5, 5.41) is 12.5. The highest BCUT2D eigenvalue weighted by molar-refractivity contribution is 6.14. The minimum atomic E-state index is -1.12. The molecule has 0 saturated heterocycles. The number of carboxylic acid groups (broad SMARTS) is 1. The number of nitrogens with zero attached hydrogens (tertiary/aromatic N) is 4. The molecular formula is C32H26N4O3. The predicted octanol–water partition coefficient (Wildman–Crippen LogP) is 5.62. The molecule has 192 valence electrons. The second-order valence-electron chi connectivity index (χ2n) is 10.4. The number of hydrogen-bond donors (Lipinski definition) is 1. The van der Waals surface area contributed by atoms with Gasteiger partial charge < -0.3 is 14.7 Å². The van der Waals surface area contributed by atoms with Crippen LogP contribution in [0.3, 0.4) is 0 Å². The van der Waals surface area contributed by atoms with E-state index >= 15 is 0 Å². The second kappa shape index (κ2) is 8.38. The van der Waals surface area contributed by atoms with Gasteiger partial charge in [0, 0.05) is 65.1 Å². The fourth-order valence-electron chi connectivity index (χ4n) is 5.66. The van der Waals surface area contributed by atoms with Gasteiger partial charge in [-0.2, -0.15) is 0 Å². The van der Waals surface area contributed by atoms with E-state index in [9.17, 15) is 9.90 Å². The highest BCUT2D eigenvalue weighted by atomic mass is 16.5. The van der Waals surface area contributed by atoms with Crippen LogP contribution in [0.4, 0.5) is 5.69 Å². The molecule has 1 aromatic heterocycles. The fourth-order valence-corrected chi connectivity index (χ4v) is 5.66. The maximum Gasteiger partial charge on any atom is 0.356 e. The molecule has 1 unspecified atom stereocenters. The van der Waals surface area contributed by atoms with Gasteiger partial charge in [0.15, 0.2) is 5.69 Å². The van der Waals surface area contributed by atoms with E-state index in [0.29, 0.717) is 34.2 Å². The fraction of sp³-hybridized carbons (Fsp3) is 0.156. The Balaban J connectivity index is 1.54. The summed E-state index contributed by atoms with van der Waals surface area (Å²) in [7, 11) is 7.97. The normalized spacial score (nSPS) is 16.5. The molecule has 39 heavy (non-hydrogen) atoms. The lowest BCUT2D eigenvalue weighted by Crippen LogP contribution is -2.27. The summed E-state index contributed by atoms with van der Waals surface area (Å²) in [6.45, 7) is 0. The van der Waals surface area contributed by atoms with E-state index in [-0.39, 0.29) is 11.7 Å². The van der Waals surface area contributed by atoms with E-state index in [1.807, 2.05) is 81.6 Å². The van der Waals surface area contributed by atoms with Gasteiger partial charge in [0.1, 0.15) is 17.2 Å². The summed E-state index contributed by atoms with van der Waals surface area (Å²) in [6, 6.07) is 18.1. The molecule has 0 spiro atoms. The largest absolute Gasteiger partial charge is 0.476 e. The molecule has 2 aliphatic carbocycles. The molecule has 0 radical (unpaired) electrons. The standard InChI is InChI=1S/C32H26N4O3/c1-35(2)18-11-13-20-24(15-18)39-25-16-19(36(3)4)12-14-21(25)27(20)30-31(32(37)38)34-29-23-10-6-8-17-7-5-9-22(26(17)23)28(29)33-30/h5-16,18H,1-4H3,(H,37,38). The number of likely N-dealkylation sites (N-methyl/N-ethyl adjacent to an activating group) is 1. The summed E-state index contributed by atoms with van der Waals surface area (Å²) in [5.74, 6) is 0.215. The molecule has 7 rings (SSSR count). The molecule has 0 bridgehead atoms. The minimum absolute atomic E-state index is 0.0423.